The van der Waals surface area contributed by atoms with Crippen molar-refractivity contribution in [2.45, 2.75) is 6.92 Å². The zero-order valence-corrected chi connectivity index (χ0v) is 10.3. The van der Waals surface area contributed by atoms with Gasteiger partial charge in [-0.05, 0) is 6.92 Å². The Balaban J connectivity index is 3.29. The Morgan fingerprint density at radius 3 is 2.58 bits per heavy atom. The number of hydrogen-bond donors (Lipinski definition) is 0. The minimum absolute atomic E-state index is 0.137. The van der Waals surface area contributed by atoms with Gasteiger partial charge in [-0.2, -0.15) is 0 Å². The average molecular weight is 394 g/mol. The van der Waals surface area contributed by atoms with Crippen LogP contribution in [-0.2, 0) is 0 Å². The van der Waals surface area contributed by atoms with Crippen LogP contribution in [0.2, 0.25) is 0 Å². The van der Waals surface area contributed by atoms with E-state index in [0.29, 0.717) is 11.3 Å². The summed E-state index contributed by atoms with van der Waals surface area (Å²) in [7, 11) is 0. The van der Waals surface area contributed by atoms with E-state index in [4.69, 9.17) is 10.5 Å². The summed E-state index contributed by atoms with van der Waals surface area (Å²) in [5, 5.41) is 0. The number of hydrogen-bond acceptors (Lipinski definition) is 4. The highest BCUT2D eigenvalue weighted by molar-refractivity contribution is 14.1. The van der Waals surface area contributed by atoms with E-state index in [1.165, 1.54) is 6.07 Å². The summed E-state index contributed by atoms with van der Waals surface area (Å²) in [5.41, 5.74) is -0.0163. The van der Waals surface area contributed by atoms with Crippen LogP contribution < -0.4 is 11.8 Å². The maximum absolute atomic E-state index is 11.0. The van der Waals surface area contributed by atoms with Crippen molar-refractivity contribution in [3.8, 4) is 11.7 Å². The molecule has 0 amide bonds. The van der Waals surface area contributed by atoms with Crippen molar-refractivity contribution >= 4 is 46.0 Å². The Morgan fingerprint density at radius 1 is 1.42 bits per heavy atom. The molecule has 66 valence electrons. The van der Waals surface area contributed by atoms with Crippen LogP contribution in [0.25, 0.3) is 0 Å². The standard InChI is InChI=1S/C6H4I2O4/c1-3-4(11-7)2-5(12-8)10-6(3)9/h2H,1H3. The second-order valence-corrected chi connectivity index (χ2v) is 2.88. The fourth-order valence-electron chi connectivity index (χ4n) is 0.631. The molecule has 0 aliphatic rings. The number of halogens is 2. The van der Waals surface area contributed by atoms with Gasteiger partial charge in [0.1, 0.15) is 0 Å². The second kappa shape index (κ2) is 4.30. The van der Waals surface area contributed by atoms with Crippen LogP contribution in [0, 0.1) is 6.92 Å². The SMILES string of the molecule is Cc1c(OI)cc(OI)oc1=O. The van der Waals surface area contributed by atoms with Crippen LogP contribution >= 0.6 is 46.0 Å². The van der Waals surface area contributed by atoms with Gasteiger partial charge in [-0.15, -0.1) is 0 Å². The van der Waals surface area contributed by atoms with E-state index in [0.717, 1.165) is 0 Å². The molecule has 0 aliphatic carbocycles. The molecule has 1 rings (SSSR count). The molecule has 0 N–H and O–H groups in total. The molecular weight excluding hydrogens is 390 g/mol. The smallest absolute Gasteiger partial charge is 0.345 e. The van der Waals surface area contributed by atoms with Crippen LogP contribution in [0.5, 0.6) is 11.7 Å². The molecule has 0 saturated carbocycles. The quantitative estimate of drug-likeness (QED) is 0.724. The van der Waals surface area contributed by atoms with E-state index < -0.39 is 5.63 Å². The first-order valence-electron chi connectivity index (χ1n) is 2.91. The lowest BCUT2D eigenvalue weighted by molar-refractivity contribution is 0.400. The van der Waals surface area contributed by atoms with Crippen molar-refractivity contribution in [3.05, 3.63) is 22.0 Å². The van der Waals surface area contributed by atoms with Crippen LogP contribution in [0.4, 0.5) is 0 Å². The van der Waals surface area contributed by atoms with E-state index in [2.05, 4.69) is 0 Å². The van der Waals surface area contributed by atoms with Crippen molar-refractivity contribution in [1.82, 2.24) is 0 Å². The Bertz CT molecular complexity index is 333. The highest BCUT2D eigenvalue weighted by atomic mass is 127. The van der Waals surface area contributed by atoms with Gasteiger partial charge in [-0.25, -0.2) is 4.79 Å². The largest absolute Gasteiger partial charge is 0.427 e. The highest BCUT2D eigenvalue weighted by Crippen LogP contribution is 2.23. The molecule has 0 bridgehead atoms. The third kappa shape index (κ3) is 2.03. The first-order chi connectivity index (χ1) is 5.69. The third-order valence-electron chi connectivity index (χ3n) is 1.28. The minimum Gasteiger partial charge on any atom is -0.427 e. The molecule has 6 heteroatoms. The van der Waals surface area contributed by atoms with Gasteiger partial charge >= 0.3 is 11.6 Å². The molecule has 0 atom stereocenters. The highest BCUT2D eigenvalue weighted by Gasteiger charge is 2.08. The summed E-state index contributed by atoms with van der Waals surface area (Å²) in [6.45, 7) is 1.62. The molecule has 0 aliphatic heterocycles. The first-order valence-corrected chi connectivity index (χ1v) is 4.67. The van der Waals surface area contributed by atoms with Crippen molar-refractivity contribution in [1.29, 1.82) is 0 Å². The Hall–Kier alpha value is 0.01000. The summed E-state index contributed by atoms with van der Waals surface area (Å²) in [6.07, 6.45) is 0. The third-order valence-corrected chi connectivity index (χ3v) is 2.19. The normalized spacial score (nSPS) is 9.58. The lowest BCUT2D eigenvalue weighted by Gasteiger charge is -2.00. The molecule has 4 nitrogen and oxygen atoms in total. The van der Waals surface area contributed by atoms with Gasteiger partial charge in [0, 0.05) is 0 Å². The Labute approximate surface area is 96.6 Å². The van der Waals surface area contributed by atoms with Gasteiger partial charge in [0.25, 0.3) is 0 Å². The molecule has 0 radical (unpaired) electrons. The van der Waals surface area contributed by atoms with E-state index >= 15 is 0 Å². The molecule has 0 unspecified atom stereocenters. The van der Waals surface area contributed by atoms with Gasteiger partial charge in [-0.1, -0.05) is 0 Å². The predicted molar refractivity (Wildman–Crippen MR) is 59.0 cm³/mol. The van der Waals surface area contributed by atoms with Crippen molar-refractivity contribution in [2.75, 3.05) is 0 Å². The molecule has 0 spiro atoms. The second-order valence-electron chi connectivity index (χ2n) is 2.00. The minimum atomic E-state index is -0.448. The first kappa shape index (κ1) is 10.1. The molecule has 0 saturated heterocycles. The molecular formula is C6H4I2O4. The summed E-state index contributed by atoms with van der Waals surface area (Å²) in [5.74, 6) is 0.594. The lowest BCUT2D eigenvalue weighted by Crippen LogP contribution is -2.03. The van der Waals surface area contributed by atoms with Crippen molar-refractivity contribution in [3.63, 3.8) is 0 Å². The van der Waals surface area contributed by atoms with E-state index in [9.17, 15) is 4.79 Å². The summed E-state index contributed by atoms with van der Waals surface area (Å²) < 4.78 is 14.3. The molecule has 1 aromatic rings. The molecule has 1 heterocycles. The zero-order chi connectivity index (χ0) is 9.14. The van der Waals surface area contributed by atoms with Gasteiger partial charge in [-0.3, -0.25) is 0 Å². The lowest BCUT2D eigenvalue weighted by atomic mass is 10.3. The zero-order valence-electron chi connectivity index (χ0n) is 5.97. The van der Waals surface area contributed by atoms with E-state index in [1.807, 2.05) is 0 Å². The van der Waals surface area contributed by atoms with E-state index in [1.54, 1.807) is 52.9 Å². The van der Waals surface area contributed by atoms with E-state index in [-0.39, 0.29) is 5.95 Å². The molecule has 0 aromatic carbocycles. The van der Waals surface area contributed by atoms with Crippen molar-refractivity contribution in [2.24, 2.45) is 0 Å². The monoisotopic (exact) mass is 394 g/mol. The summed E-state index contributed by atoms with van der Waals surface area (Å²) in [4.78, 5) is 11.0. The van der Waals surface area contributed by atoms with Crippen LogP contribution in [0.3, 0.4) is 0 Å². The van der Waals surface area contributed by atoms with Gasteiger partial charge in [0.05, 0.1) is 11.6 Å². The van der Waals surface area contributed by atoms with Gasteiger partial charge in [0.2, 0.25) is 0 Å². The predicted octanol–water partition coefficient (Wildman–Crippen LogP) is 2.41. The maximum atomic E-state index is 11.0. The van der Waals surface area contributed by atoms with Crippen molar-refractivity contribution < 1.29 is 10.5 Å². The fraction of sp³-hybridized carbons (Fsp3) is 0.167. The molecule has 0 fully saturated rings. The van der Waals surface area contributed by atoms with Gasteiger partial charge in [0.15, 0.2) is 51.8 Å². The molecule has 1 aromatic heterocycles. The Morgan fingerprint density at radius 2 is 2.08 bits per heavy atom. The summed E-state index contributed by atoms with van der Waals surface area (Å²) >= 11 is 3.31. The van der Waals surface area contributed by atoms with Crippen LogP contribution in [-0.4, -0.2) is 0 Å². The number of rotatable bonds is 2. The molecule has 12 heavy (non-hydrogen) atoms. The maximum Gasteiger partial charge on any atom is 0.345 e. The Kier molecular flexibility index (Phi) is 3.62. The summed E-state index contributed by atoms with van der Waals surface area (Å²) in [6, 6.07) is 1.51. The topological polar surface area (TPSA) is 48.7 Å². The fourth-order valence-corrected chi connectivity index (χ4v) is 1.31. The van der Waals surface area contributed by atoms with Crippen LogP contribution in [0.1, 0.15) is 5.56 Å². The van der Waals surface area contributed by atoms with Crippen LogP contribution in [0.15, 0.2) is 15.3 Å². The average Bonchev–Trinajstić information content (AvgIpc) is 2.09. The van der Waals surface area contributed by atoms with Gasteiger partial charge < -0.3 is 10.5 Å².